The summed E-state index contributed by atoms with van der Waals surface area (Å²) in [5, 5.41) is 6.79. The van der Waals surface area contributed by atoms with Gasteiger partial charge in [0.15, 0.2) is 0 Å². The van der Waals surface area contributed by atoms with Gasteiger partial charge in [-0.15, -0.1) is 11.8 Å². The van der Waals surface area contributed by atoms with E-state index in [9.17, 15) is 9.59 Å². The van der Waals surface area contributed by atoms with E-state index in [-0.39, 0.29) is 11.9 Å². The summed E-state index contributed by atoms with van der Waals surface area (Å²) in [6, 6.07) is 7.03. The van der Waals surface area contributed by atoms with Gasteiger partial charge in [-0.2, -0.15) is 5.10 Å². The van der Waals surface area contributed by atoms with Gasteiger partial charge in [-0.3, -0.25) is 14.3 Å². The second kappa shape index (κ2) is 7.53. The number of nitrogens with one attached hydrogen (secondary N) is 1. The molecule has 128 valence electrons. The summed E-state index contributed by atoms with van der Waals surface area (Å²) < 4.78 is 1.77. The van der Waals surface area contributed by atoms with E-state index >= 15 is 0 Å². The van der Waals surface area contributed by atoms with Crippen molar-refractivity contribution in [2.75, 3.05) is 0 Å². The lowest BCUT2D eigenvalue weighted by Crippen LogP contribution is -2.28. The average molecular weight is 346 g/mol. The fraction of sp³-hybridized carbons (Fsp3) is 0.353. The zero-order chi connectivity index (χ0) is 17.9. The summed E-state index contributed by atoms with van der Waals surface area (Å²) in [5.74, 6) is -0.597. The molecule has 0 aliphatic rings. The summed E-state index contributed by atoms with van der Waals surface area (Å²) in [6.07, 6.45) is 1.76. The Labute approximate surface area is 145 Å². The van der Waals surface area contributed by atoms with Crippen LogP contribution in [0, 0.1) is 6.92 Å². The second-order valence-corrected chi connectivity index (χ2v) is 7.05. The molecule has 24 heavy (non-hydrogen) atoms. The number of hydrogen-bond acceptors (Lipinski definition) is 4. The van der Waals surface area contributed by atoms with Crippen LogP contribution in [0.1, 0.15) is 41.5 Å². The molecule has 1 aromatic carbocycles. The molecule has 0 fully saturated rings. The Kier molecular flexibility index (Phi) is 5.66. The van der Waals surface area contributed by atoms with E-state index in [4.69, 9.17) is 5.73 Å². The Morgan fingerprint density at radius 3 is 2.54 bits per heavy atom. The molecule has 0 saturated carbocycles. The number of rotatable bonds is 6. The molecule has 7 heteroatoms. The molecule has 2 amide bonds. The highest BCUT2D eigenvalue weighted by Gasteiger charge is 2.19. The number of benzene rings is 1. The number of aryl methyl sites for hydroxylation is 1. The van der Waals surface area contributed by atoms with Crippen LogP contribution in [0.4, 0.5) is 0 Å². The van der Waals surface area contributed by atoms with Crippen molar-refractivity contribution in [3.8, 4) is 0 Å². The van der Waals surface area contributed by atoms with Crippen LogP contribution in [0.5, 0.6) is 0 Å². The van der Waals surface area contributed by atoms with Crippen molar-refractivity contribution in [2.24, 2.45) is 12.8 Å². The SMILES string of the molecule is Cc1c(C(C)NC(=O)c2ccccc2SC(C)C(N)=O)cnn1C. The minimum absolute atomic E-state index is 0.169. The molecular weight excluding hydrogens is 324 g/mol. The van der Waals surface area contributed by atoms with Gasteiger partial charge in [0, 0.05) is 23.2 Å². The first kappa shape index (κ1) is 18.1. The zero-order valence-corrected chi connectivity index (χ0v) is 15.1. The van der Waals surface area contributed by atoms with Crippen LogP contribution in [0.3, 0.4) is 0 Å². The van der Waals surface area contributed by atoms with Crippen LogP contribution in [-0.4, -0.2) is 26.8 Å². The van der Waals surface area contributed by atoms with E-state index < -0.39 is 11.2 Å². The largest absolute Gasteiger partial charge is 0.369 e. The molecule has 0 aliphatic heterocycles. The Morgan fingerprint density at radius 1 is 1.29 bits per heavy atom. The van der Waals surface area contributed by atoms with Crippen LogP contribution in [-0.2, 0) is 11.8 Å². The fourth-order valence-electron chi connectivity index (χ4n) is 2.30. The molecule has 0 aliphatic carbocycles. The van der Waals surface area contributed by atoms with Crippen LogP contribution >= 0.6 is 11.8 Å². The first-order chi connectivity index (χ1) is 11.3. The molecule has 0 saturated heterocycles. The van der Waals surface area contributed by atoms with Gasteiger partial charge in [-0.1, -0.05) is 12.1 Å². The molecule has 0 radical (unpaired) electrons. The molecule has 0 spiro atoms. The van der Waals surface area contributed by atoms with E-state index in [0.29, 0.717) is 5.56 Å². The predicted molar refractivity (Wildman–Crippen MR) is 94.8 cm³/mol. The van der Waals surface area contributed by atoms with Gasteiger partial charge in [0.25, 0.3) is 5.91 Å². The number of nitrogens with zero attached hydrogens (tertiary/aromatic N) is 2. The highest BCUT2D eigenvalue weighted by atomic mass is 32.2. The third kappa shape index (κ3) is 3.97. The van der Waals surface area contributed by atoms with E-state index in [1.807, 2.05) is 33.0 Å². The third-order valence-electron chi connectivity index (χ3n) is 3.92. The summed E-state index contributed by atoms with van der Waals surface area (Å²) >= 11 is 1.28. The molecule has 2 rings (SSSR count). The van der Waals surface area contributed by atoms with E-state index in [1.54, 1.807) is 29.9 Å². The van der Waals surface area contributed by atoms with Gasteiger partial charge in [0.2, 0.25) is 5.91 Å². The standard InChI is InChI=1S/C17H22N4O2S/c1-10(14-9-19-21(4)11(14)2)20-17(23)13-7-5-6-8-15(13)24-12(3)16(18)22/h5-10,12H,1-4H3,(H2,18,22)(H,20,23). The summed E-state index contributed by atoms with van der Waals surface area (Å²) in [4.78, 5) is 24.7. The van der Waals surface area contributed by atoms with Crippen molar-refractivity contribution in [1.29, 1.82) is 0 Å². The fourth-order valence-corrected chi connectivity index (χ4v) is 3.24. The summed E-state index contributed by atoms with van der Waals surface area (Å²) in [6.45, 7) is 5.61. The van der Waals surface area contributed by atoms with Crippen molar-refractivity contribution in [2.45, 2.75) is 37.0 Å². The maximum Gasteiger partial charge on any atom is 0.252 e. The highest BCUT2D eigenvalue weighted by molar-refractivity contribution is 8.00. The van der Waals surface area contributed by atoms with Crippen molar-refractivity contribution in [1.82, 2.24) is 15.1 Å². The van der Waals surface area contributed by atoms with Gasteiger partial charge >= 0.3 is 0 Å². The lowest BCUT2D eigenvalue weighted by molar-refractivity contribution is -0.117. The maximum atomic E-state index is 12.7. The van der Waals surface area contributed by atoms with Crippen LogP contribution in [0.25, 0.3) is 0 Å². The smallest absolute Gasteiger partial charge is 0.252 e. The number of carbonyl (C=O) groups excluding carboxylic acids is 2. The maximum absolute atomic E-state index is 12.7. The zero-order valence-electron chi connectivity index (χ0n) is 14.2. The molecule has 6 nitrogen and oxygen atoms in total. The highest BCUT2D eigenvalue weighted by Crippen LogP contribution is 2.27. The lowest BCUT2D eigenvalue weighted by atomic mass is 10.1. The van der Waals surface area contributed by atoms with Gasteiger partial charge in [-0.25, -0.2) is 0 Å². The Hall–Kier alpha value is -2.28. The average Bonchev–Trinajstić information content (AvgIpc) is 2.87. The van der Waals surface area contributed by atoms with Crippen molar-refractivity contribution >= 4 is 23.6 Å². The minimum Gasteiger partial charge on any atom is -0.369 e. The number of aromatic nitrogens is 2. The normalized spacial score (nSPS) is 13.3. The minimum atomic E-state index is -0.408. The molecule has 3 N–H and O–H groups in total. The van der Waals surface area contributed by atoms with Gasteiger partial charge in [0.05, 0.1) is 23.1 Å². The molecule has 1 aromatic heterocycles. The van der Waals surface area contributed by atoms with E-state index in [0.717, 1.165) is 16.2 Å². The van der Waals surface area contributed by atoms with Crippen LogP contribution in [0.2, 0.25) is 0 Å². The number of nitrogens with two attached hydrogens (primary N) is 1. The third-order valence-corrected chi connectivity index (χ3v) is 5.12. The topological polar surface area (TPSA) is 90.0 Å². The first-order valence-electron chi connectivity index (χ1n) is 7.65. The number of hydrogen-bond donors (Lipinski definition) is 2. The first-order valence-corrected chi connectivity index (χ1v) is 8.53. The van der Waals surface area contributed by atoms with Gasteiger partial charge in [0.1, 0.15) is 0 Å². The predicted octanol–water partition coefficient (Wildman–Crippen LogP) is 2.19. The Bertz CT molecular complexity index is 757. The molecule has 2 atom stereocenters. The summed E-state index contributed by atoms with van der Waals surface area (Å²) in [7, 11) is 1.87. The lowest BCUT2D eigenvalue weighted by Gasteiger charge is -2.16. The van der Waals surface area contributed by atoms with E-state index in [2.05, 4.69) is 10.4 Å². The van der Waals surface area contributed by atoms with Crippen molar-refractivity contribution in [3.63, 3.8) is 0 Å². The number of thioether (sulfide) groups is 1. The molecule has 2 unspecified atom stereocenters. The Morgan fingerprint density at radius 2 is 1.96 bits per heavy atom. The quantitative estimate of drug-likeness (QED) is 0.785. The number of amides is 2. The summed E-state index contributed by atoms with van der Waals surface area (Å²) in [5.41, 5.74) is 7.83. The van der Waals surface area contributed by atoms with Crippen LogP contribution in [0.15, 0.2) is 35.4 Å². The van der Waals surface area contributed by atoms with E-state index in [1.165, 1.54) is 11.8 Å². The Balaban J connectivity index is 2.18. The van der Waals surface area contributed by atoms with Crippen molar-refractivity contribution < 1.29 is 9.59 Å². The number of carbonyl (C=O) groups is 2. The number of primary amides is 1. The molecule has 2 aromatic rings. The second-order valence-electron chi connectivity index (χ2n) is 5.66. The van der Waals surface area contributed by atoms with Gasteiger partial charge < -0.3 is 11.1 Å². The van der Waals surface area contributed by atoms with Gasteiger partial charge in [-0.05, 0) is 32.9 Å². The molecule has 1 heterocycles. The molecular formula is C17H22N4O2S. The van der Waals surface area contributed by atoms with Crippen LogP contribution < -0.4 is 11.1 Å². The monoisotopic (exact) mass is 346 g/mol. The molecule has 0 bridgehead atoms. The van der Waals surface area contributed by atoms with Crippen molar-refractivity contribution in [3.05, 3.63) is 47.3 Å².